The smallest absolute Gasteiger partial charge is 0.241 e. The maximum absolute atomic E-state index is 15.4. The van der Waals surface area contributed by atoms with Crippen LogP contribution in [0.15, 0.2) is 115 Å². The van der Waals surface area contributed by atoms with E-state index in [9.17, 15) is 0 Å². The summed E-state index contributed by atoms with van der Waals surface area (Å²) in [7, 11) is 0. The zero-order valence-electron chi connectivity index (χ0n) is 33.4. The third-order valence-corrected chi connectivity index (χ3v) is 12.1. The van der Waals surface area contributed by atoms with E-state index in [4.69, 9.17) is 30.5 Å². The number of hydrogen-bond acceptors (Lipinski definition) is 9. The number of hydrazine groups is 1. The third kappa shape index (κ3) is 7.80. The monoisotopic (exact) mass is 790 g/mol. The third-order valence-electron chi connectivity index (χ3n) is 12.1. The van der Waals surface area contributed by atoms with Crippen LogP contribution in [0.3, 0.4) is 0 Å². The number of aromatic nitrogens is 4. The maximum atomic E-state index is 15.4. The van der Waals surface area contributed by atoms with Crippen LogP contribution in [0, 0.1) is 24.5 Å². The minimum atomic E-state index is -0.354. The number of fused-ring (bicyclic) bond motifs is 2. The molecule has 2 N–H and O–H groups in total. The molecule has 7 aromatic rings. The summed E-state index contributed by atoms with van der Waals surface area (Å²) in [5, 5.41) is 3.25. The van der Waals surface area contributed by atoms with Crippen LogP contribution in [0.1, 0.15) is 43.7 Å². The lowest BCUT2D eigenvalue weighted by atomic mass is 9.82. The number of aryl methyl sites for hydroxylation is 1. The minimum absolute atomic E-state index is 0.0204. The van der Waals surface area contributed by atoms with E-state index in [1.165, 1.54) is 17.7 Å². The van der Waals surface area contributed by atoms with E-state index in [0.717, 1.165) is 60.1 Å². The Morgan fingerprint density at radius 1 is 0.712 bits per heavy atom. The van der Waals surface area contributed by atoms with Crippen LogP contribution in [0.4, 0.5) is 20.7 Å². The van der Waals surface area contributed by atoms with E-state index in [0.29, 0.717) is 71.8 Å². The Kier molecular flexibility index (Phi) is 10.9. The van der Waals surface area contributed by atoms with Crippen molar-refractivity contribution in [3.63, 3.8) is 0 Å². The van der Waals surface area contributed by atoms with Gasteiger partial charge in [-0.1, -0.05) is 72.8 Å². The van der Waals surface area contributed by atoms with Gasteiger partial charge in [-0.05, 0) is 112 Å². The van der Waals surface area contributed by atoms with Crippen molar-refractivity contribution in [1.82, 2.24) is 24.8 Å². The van der Waals surface area contributed by atoms with Crippen LogP contribution in [0.2, 0.25) is 0 Å². The second kappa shape index (κ2) is 16.7. The molecular formula is C48H48F2N8O. The summed E-state index contributed by atoms with van der Waals surface area (Å²) in [5.41, 5.74) is 5.78. The highest BCUT2D eigenvalue weighted by Crippen LogP contribution is 2.38. The number of likely N-dealkylation sites (tertiary alicyclic amines) is 1. The fourth-order valence-electron chi connectivity index (χ4n) is 8.99. The lowest BCUT2D eigenvalue weighted by Gasteiger charge is -2.47. The van der Waals surface area contributed by atoms with Crippen molar-refractivity contribution in [3.8, 4) is 28.3 Å². The first-order valence-corrected chi connectivity index (χ1v) is 20.6. The van der Waals surface area contributed by atoms with Crippen LogP contribution < -0.4 is 20.5 Å². The average molecular weight is 791 g/mol. The van der Waals surface area contributed by atoms with Crippen molar-refractivity contribution in [2.45, 2.75) is 58.2 Å². The fourth-order valence-corrected chi connectivity index (χ4v) is 8.99. The predicted octanol–water partition coefficient (Wildman–Crippen LogP) is 9.52. The Morgan fingerprint density at radius 2 is 1.32 bits per heavy atom. The summed E-state index contributed by atoms with van der Waals surface area (Å²) in [5.74, 6) is 8.57. The summed E-state index contributed by atoms with van der Waals surface area (Å²) in [6.45, 7) is 8.07. The molecule has 11 heteroatoms. The van der Waals surface area contributed by atoms with E-state index in [2.05, 4.69) is 34.9 Å². The molecule has 0 aliphatic carbocycles. The van der Waals surface area contributed by atoms with Gasteiger partial charge in [-0.3, -0.25) is 9.91 Å². The van der Waals surface area contributed by atoms with E-state index in [1.807, 2.05) is 67.6 Å². The molecule has 0 radical (unpaired) electrons. The standard InChI is InChI=1S/C48H48F2N8O/c1-3-59-44-28-32(21-20-31(44)2)30-56-25-22-33(23-26-56)43-29-34(58(51)48-53-42-19-11-7-15-38(42)46(55-48)36-13-5-9-17-40(36)50)24-27-57(43)47-52-41-18-10-6-14-37(41)45(54-47)35-12-4-8-16-39(35)49/h4-21,28,33-34,43H,3,22-27,29-30,51H2,1-2H3. The van der Waals surface area contributed by atoms with E-state index in [-0.39, 0.29) is 23.7 Å². The molecule has 4 heterocycles. The predicted molar refractivity (Wildman–Crippen MR) is 231 cm³/mol. The zero-order valence-corrected chi connectivity index (χ0v) is 33.4. The molecule has 2 aliphatic heterocycles. The summed E-state index contributed by atoms with van der Waals surface area (Å²) in [4.78, 5) is 25.0. The Labute approximate surface area is 343 Å². The largest absolute Gasteiger partial charge is 0.494 e. The van der Waals surface area contributed by atoms with Crippen molar-refractivity contribution in [3.05, 3.63) is 138 Å². The summed E-state index contributed by atoms with van der Waals surface area (Å²) in [6, 6.07) is 35.4. The first-order valence-electron chi connectivity index (χ1n) is 20.6. The highest BCUT2D eigenvalue weighted by Gasteiger charge is 2.39. The van der Waals surface area contributed by atoms with Gasteiger partial charge in [0.2, 0.25) is 11.9 Å². The Morgan fingerprint density at radius 3 is 1.98 bits per heavy atom. The number of hydrogen-bond donors (Lipinski definition) is 1. The molecule has 0 saturated carbocycles. The van der Waals surface area contributed by atoms with Gasteiger partial charge in [-0.15, -0.1) is 0 Å². The topological polar surface area (TPSA) is 96.5 Å². The normalized spacial score (nSPS) is 17.7. The number of nitrogens with zero attached hydrogens (tertiary/aromatic N) is 7. The zero-order chi connectivity index (χ0) is 40.5. The van der Waals surface area contributed by atoms with Crippen LogP contribution in [0.25, 0.3) is 44.3 Å². The number of para-hydroxylation sites is 2. The molecule has 0 spiro atoms. The number of piperidine rings is 2. The molecular weight excluding hydrogens is 743 g/mol. The molecule has 2 aliphatic rings. The summed E-state index contributed by atoms with van der Waals surface area (Å²) < 4.78 is 36.6. The van der Waals surface area contributed by atoms with Gasteiger partial charge in [0.25, 0.3) is 0 Å². The van der Waals surface area contributed by atoms with Gasteiger partial charge >= 0.3 is 0 Å². The molecule has 2 fully saturated rings. The highest BCUT2D eigenvalue weighted by atomic mass is 19.1. The second-order valence-electron chi connectivity index (χ2n) is 15.7. The first kappa shape index (κ1) is 38.5. The number of benzene rings is 5. The molecule has 2 aromatic heterocycles. The molecule has 9 nitrogen and oxygen atoms in total. The van der Waals surface area contributed by atoms with Crippen LogP contribution in [0.5, 0.6) is 5.75 Å². The number of anilines is 2. The Balaban J connectivity index is 1.05. The van der Waals surface area contributed by atoms with Crippen molar-refractivity contribution in [2.75, 3.05) is 36.1 Å². The molecule has 2 unspecified atom stereocenters. The van der Waals surface area contributed by atoms with Crippen LogP contribution in [-0.2, 0) is 6.54 Å². The average Bonchev–Trinajstić information content (AvgIpc) is 3.27. The molecule has 2 saturated heterocycles. The number of nitrogens with two attached hydrogens (primary N) is 1. The molecule has 59 heavy (non-hydrogen) atoms. The van der Waals surface area contributed by atoms with Crippen molar-refractivity contribution in [1.29, 1.82) is 0 Å². The molecule has 0 amide bonds. The molecule has 0 bridgehead atoms. The number of ether oxygens (including phenoxy) is 1. The SMILES string of the molecule is CCOc1cc(CN2CCC(C3CC(N(N)c4nc(-c5ccccc5F)c5ccccc5n4)CCN3c3nc(-c4ccccc4F)c4ccccc4n3)CC2)ccc1C. The molecule has 9 rings (SSSR count). The van der Waals surface area contributed by atoms with E-state index < -0.39 is 0 Å². The second-order valence-corrected chi connectivity index (χ2v) is 15.7. The first-order chi connectivity index (χ1) is 28.8. The lowest BCUT2D eigenvalue weighted by molar-refractivity contribution is 0.148. The molecule has 300 valence electrons. The molecule has 2 atom stereocenters. The van der Waals surface area contributed by atoms with Crippen LogP contribution >= 0.6 is 0 Å². The summed E-state index contributed by atoms with van der Waals surface area (Å²) >= 11 is 0. The highest BCUT2D eigenvalue weighted by molar-refractivity contribution is 5.94. The van der Waals surface area contributed by atoms with Gasteiger partial charge in [0.05, 0.1) is 35.1 Å². The van der Waals surface area contributed by atoms with Gasteiger partial charge in [-0.25, -0.2) is 34.6 Å². The maximum Gasteiger partial charge on any atom is 0.241 e. The van der Waals surface area contributed by atoms with E-state index >= 15 is 8.78 Å². The summed E-state index contributed by atoms with van der Waals surface area (Å²) in [6.07, 6.45) is 3.33. The van der Waals surface area contributed by atoms with Gasteiger partial charge < -0.3 is 9.64 Å². The molecule has 5 aromatic carbocycles. The fraction of sp³-hybridized carbons (Fsp3) is 0.292. The minimum Gasteiger partial charge on any atom is -0.494 e. The van der Waals surface area contributed by atoms with Gasteiger partial charge in [-0.2, -0.15) is 0 Å². The van der Waals surface area contributed by atoms with Gasteiger partial charge in [0.1, 0.15) is 17.4 Å². The Hall–Kier alpha value is -6.04. The number of rotatable bonds is 10. The Bertz CT molecular complexity index is 2610. The van der Waals surface area contributed by atoms with Crippen LogP contribution in [-0.4, -0.2) is 63.2 Å². The lowest BCUT2D eigenvalue weighted by Crippen LogP contribution is -2.56. The quantitative estimate of drug-likeness (QED) is 0.107. The van der Waals surface area contributed by atoms with Crippen molar-refractivity contribution < 1.29 is 13.5 Å². The van der Waals surface area contributed by atoms with E-state index in [1.54, 1.807) is 29.3 Å². The van der Waals surface area contributed by atoms with Crippen molar-refractivity contribution >= 4 is 33.7 Å². The van der Waals surface area contributed by atoms with Gasteiger partial charge in [0, 0.05) is 41.0 Å². The van der Waals surface area contributed by atoms with Crippen molar-refractivity contribution in [2.24, 2.45) is 11.8 Å². The van der Waals surface area contributed by atoms with Gasteiger partial charge in [0.15, 0.2) is 0 Å². The number of halogens is 2.